The van der Waals surface area contributed by atoms with Gasteiger partial charge in [-0.05, 0) is 25.2 Å². The summed E-state index contributed by atoms with van der Waals surface area (Å²) in [6.45, 7) is 5.82. The third-order valence-electron chi connectivity index (χ3n) is 11.4. The molecule has 0 radical (unpaired) electrons. The van der Waals surface area contributed by atoms with E-state index in [0.29, 0.717) is 6.42 Å². The molecule has 7 atom stereocenters. The minimum atomic E-state index is -5.20. The highest BCUT2D eigenvalue weighted by Crippen LogP contribution is 2.42. The van der Waals surface area contributed by atoms with E-state index < -0.39 is 63.1 Å². The first-order valence-electron chi connectivity index (χ1n) is 23.3. The molecule has 0 aliphatic carbocycles. The van der Waals surface area contributed by atoms with Gasteiger partial charge >= 0.3 is 13.8 Å². The summed E-state index contributed by atoms with van der Waals surface area (Å²) in [6.07, 6.45) is 24.7. The van der Waals surface area contributed by atoms with Crippen LogP contribution in [0.5, 0.6) is 0 Å². The summed E-state index contributed by atoms with van der Waals surface area (Å²) in [5.74, 6) is -1.26. The third-order valence-corrected chi connectivity index (χ3v) is 11.9. The molecule has 12 nitrogen and oxygen atoms in total. The number of carbonyl (C=O) groups is 2. The minimum Gasteiger partial charge on any atom is -0.457 e. The van der Waals surface area contributed by atoms with E-state index in [2.05, 4.69) is 26.1 Å². The first kappa shape index (κ1) is 53.9. The molecule has 0 saturated carbocycles. The van der Waals surface area contributed by atoms with Gasteiger partial charge in [-0.25, -0.2) is 4.57 Å². The Hall–Kier alpha value is -1.11. The fraction of sp³-hybridized carbons (Fsp3) is 0.955. The van der Waals surface area contributed by atoms with E-state index in [-0.39, 0.29) is 18.8 Å². The van der Waals surface area contributed by atoms with Gasteiger partial charge in [-0.15, -0.1) is 0 Å². The zero-order valence-electron chi connectivity index (χ0n) is 36.3. The van der Waals surface area contributed by atoms with Crippen molar-refractivity contribution < 1.29 is 53.3 Å². The summed E-state index contributed by atoms with van der Waals surface area (Å²) < 4.78 is 28.4. The van der Waals surface area contributed by atoms with E-state index in [0.717, 1.165) is 77.0 Å². The first-order valence-corrected chi connectivity index (χ1v) is 24.8. The Morgan fingerprint density at radius 3 is 1.44 bits per heavy atom. The molecule has 0 aromatic heterocycles. The Kier molecular flexibility index (Phi) is 32.7. The fourth-order valence-electron chi connectivity index (χ4n) is 7.99. The lowest BCUT2D eigenvalue weighted by Gasteiger charge is -2.43. The number of carbonyl (C=O) groups excluding carboxylic acids is 2. The fourth-order valence-corrected chi connectivity index (χ4v) is 8.57. The van der Waals surface area contributed by atoms with Gasteiger partial charge in [0, 0.05) is 6.42 Å². The number of hydrogen-bond acceptors (Lipinski definition) is 9. The molecule has 1 fully saturated rings. The Labute approximate surface area is 346 Å². The second-order valence-corrected chi connectivity index (χ2v) is 18.0. The van der Waals surface area contributed by atoms with Gasteiger partial charge in [-0.2, -0.15) is 0 Å². The van der Waals surface area contributed by atoms with Gasteiger partial charge < -0.3 is 39.9 Å². The maximum atomic E-state index is 13.7. The molecule has 338 valence electrons. The summed E-state index contributed by atoms with van der Waals surface area (Å²) in [7, 11) is -5.20. The average Bonchev–Trinajstić information content (AvgIpc) is 3.16. The van der Waals surface area contributed by atoms with Crippen LogP contribution in [0, 0.1) is 5.92 Å². The molecule has 1 amide bonds. The van der Waals surface area contributed by atoms with Crippen molar-refractivity contribution >= 4 is 19.7 Å². The minimum absolute atomic E-state index is 0.0333. The molecule has 1 rings (SSSR count). The third kappa shape index (κ3) is 28.1. The highest BCUT2D eigenvalue weighted by atomic mass is 31.2. The lowest BCUT2D eigenvalue weighted by molar-refractivity contribution is -0.256. The monoisotopic (exact) mass is 836 g/mol. The van der Waals surface area contributed by atoms with Crippen LogP contribution in [0.25, 0.3) is 0 Å². The predicted octanol–water partition coefficient (Wildman–Crippen LogP) is 9.70. The number of unbranched alkanes of at least 4 members (excludes halogenated alkanes) is 23. The van der Waals surface area contributed by atoms with Crippen LogP contribution in [-0.2, 0) is 28.2 Å². The molecule has 3 unspecified atom stereocenters. The van der Waals surface area contributed by atoms with Crippen LogP contribution < -0.4 is 5.32 Å². The van der Waals surface area contributed by atoms with Crippen LogP contribution in [-0.4, -0.2) is 80.3 Å². The zero-order valence-corrected chi connectivity index (χ0v) is 37.2. The van der Waals surface area contributed by atoms with Crippen molar-refractivity contribution in [2.45, 2.75) is 257 Å². The van der Waals surface area contributed by atoms with E-state index in [9.17, 15) is 39.3 Å². The van der Waals surface area contributed by atoms with E-state index in [1.54, 1.807) is 0 Å². The van der Waals surface area contributed by atoms with Crippen molar-refractivity contribution in [2.24, 2.45) is 5.92 Å². The standard InChI is InChI=1S/C44H86NO11P/c1-4-7-10-13-16-18-20-22-25-28-31-36(30-27-24-21-15-12-9-6-3)33-40(49)55-43-41(44(50)54-38(35-46)42(43)56-57(51,52)53)45-39(48)34-37(47)32-29-26-23-19-17-14-11-8-5-2/h36-38,41-44,46-47,50H,4-35H2,1-3H3,(H,45,48)(H2,51,52,53)/t36?,37?,38-,41-,42-,43-,44?/m1/s1. The molecule has 13 heteroatoms. The lowest BCUT2D eigenvalue weighted by Crippen LogP contribution is -2.65. The summed E-state index contributed by atoms with van der Waals surface area (Å²) in [5.41, 5.74) is 0. The Morgan fingerprint density at radius 1 is 0.632 bits per heavy atom. The SMILES string of the molecule is CCCCCCCCCCCCC(CCCCCCCCC)CC(=O)O[C@H]1[C@H](OP(=O)(O)O)[C@@H](CO)OC(O)[C@@H]1NC(=O)CC(O)CCCCCCCCCCC. The van der Waals surface area contributed by atoms with Crippen molar-refractivity contribution in [3.05, 3.63) is 0 Å². The van der Waals surface area contributed by atoms with Crippen LogP contribution in [0.3, 0.4) is 0 Å². The number of aliphatic hydroxyl groups is 3. The molecule has 1 aliphatic rings. The van der Waals surface area contributed by atoms with Crippen molar-refractivity contribution in [1.82, 2.24) is 5.32 Å². The van der Waals surface area contributed by atoms with Crippen molar-refractivity contribution in [2.75, 3.05) is 6.61 Å². The molecule has 0 spiro atoms. The lowest BCUT2D eigenvalue weighted by atomic mass is 9.91. The van der Waals surface area contributed by atoms with Crippen molar-refractivity contribution in [1.29, 1.82) is 0 Å². The first-order chi connectivity index (χ1) is 27.4. The van der Waals surface area contributed by atoms with E-state index in [4.69, 9.17) is 14.0 Å². The van der Waals surface area contributed by atoms with Gasteiger partial charge in [-0.1, -0.05) is 188 Å². The number of ether oxygens (including phenoxy) is 2. The van der Waals surface area contributed by atoms with E-state index in [1.165, 1.54) is 103 Å². The van der Waals surface area contributed by atoms with Gasteiger partial charge in [0.1, 0.15) is 18.2 Å². The number of hydrogen-bond donors (Lipinski definition) is 6. The molecule has 1 saturated heterocycles. The van der Waals surface area contributed by atoms with Gasteiger partial charge in [0.25, 0.3) is 0 Å². The Balaban J connectivity index is 2.91. The molecule has 1 aliphatic heterocycles. The average molecular weight is 836 g/mol. The number of phosphoric ester groups is 1. The second kappa shape index (κ2) is 34.6. The number of amides is 1. The molecule has 1 heterocycles. The normalized spacial score (nSPS) is 21.0. The predicted molar refractivity (Wildman–Crippen MR) is 226 cm³/mol. The number of nitrogens with one attached hydrogen (secondary N) is 1. The topological polar surface area (TPSA) is 192 Å². The van der Waals surface area contributed by atoms with Crippen LogP contribution in [0.15, 0.2) is 0 Å². The smallest absolute Gasteiger partial charge is 0.457 e. The summed E-state index contributed by atoms with van der Waals surface area (Å²) in [4.78, 5) is 46.4. The van der Waals surface area contributed by atoms with Crippen LogP contribution in [0.4, 0.5) is 0 Å². The van der Waals surface area contributed by atoms with Gasteiger partial charge in [0.15, 0.2) is 12.4 Å². The molecule has 0 bridgehead atoms. The molecule has 6 N–H and O–H groups in total. The zero-order chi connectivity index (χ0) is 42.2. The molecular weight excluding hydrogens is 749 g/mol. The number of phosphoric acid groups is 1. The second-order valence-electron chi connectivity index (χ2n) is 16.8. The highest BCUT2D eigenvalue weighted by Gasteiger charge is 2.51. The molecule has 0 aromatic rings. The summed E-state index contributed by atoms with van der Waals surface area (Å²) in [5, 5.41) is 34.2. The molecule has 0 aromatic carbocycles. The Morgan fingerprint density at radius 2 is 1.04 bits per heavy atom. The van der Waals surface area contributed by atoms with Gasteiger partial charge in [0.2, 0.25) is 5.91 Å². The number of esters is 1. The quantitative estimate of drug-likeness (QED) is 0.0197. The highest BCUT2D eigenvalue weighted by molar-refractivity contribution is 7.46. The van der Waals surface area contributed by atoms with Crippen molar-refractivity contribution in [3.63, 3.8) is 0 Å². The maximum absolute atomic E-state index is 13.7. The van der Waals surface area contributed by atoms with E-state index >= 15 is 0 Å². The van der Waals surface area contributed by atoms with Gasteiger partial charge in [0.05, 0.1) is 19.1 Å². The van der Waals surface area contributed by atoms with Crippen LogP contribution in [0.1, 0.15) is 220 Å². The Bertz CT molecular complexity index is 1030. The maximum Gasteiger partial charge on any atom is 0.470 e. The van der Waals surface area contributed by atoms with E-state index in [1.807, 2.05) is 0 Å². The van der Waals surface area contributed by atoms with Crippen LogP contribution >= 0.6 is 7.82 Å². The summed E-state index contributed by atoms with van der Waals surface area (Å²) >= 11 is 0. The molecular formula is C44H86NO11P. The summed E-state index contributed by atoms with van der Waals surface area (Å²) in [6, 6.07) is -1.47. The number of rotatable bonds is 38. The van der Waals surface area contributed by atoms with Gasteiger partial charge in [-0.3, -0.25) is 14.1 Å². The van der Waals surface area contributed by atoms with Crippen molar-refractivity contribution in [3.8, 4) is 0 Å². The largest absolute Gasteiger partial charge is 0.470 e. The van der Waals surface area contributed by atoms with Crippen LogP contribution in [0.2, 0.25) is 0 Å². The number of aliphatic hydroxyl groups excluding tert-OH is 3. The molecule has 57 heavy (non-hydrogen) atoms.